The van der Waals surface area contributed by atoms with Crippen LogP contribution in [0.5, 0.6) is 0 Å². The van der Waals surface area contributed by atoms with Crippen molar-refractivity contribution in [3.8, 4) is 0 Å². The molecule has 0 aliphatic heterocycles. The van der Waals surface area contributed by atoms with Gasteiger partial charge in [-0.3, -0.25) is 14.9 Å². The molecule has 23 heavy (non-hydrogen) atoms. The van der Waals surface area contributed by atoms with Crippen molar-refractivity contribution in [3.63, 3.8) is 0 Å². The average Bonchev–Trinajstić information content (AvgIpc) is 2.56. The largest absolute Gasteiger partial charge is 0.351 e. The summed E-state index contributed by atoms with van der Waals surface area (Å²) in [6.45, 7) is 2.54. The first-order chi connectivity index (χ1) is 11.0. The monoisotopic (exact) mass is 332 g/mol. The van der Waals surface area contributed by atoms with Crippen LogP contribution in [-0.2, 0) is 0 Å². The van der Waals surface area contributed by atoms with Gasteiger partial charge in [0.2, 0.25) is 0 Å². The van der Waals surface area contributed by atoms with Crippen LogP contribution >= 0.6 is 11.6 Å². The van der Waals surface area contributed by atoms with Crippen molar-refractivity contribution < 1.29 is 9.72 Å². The number of non-ortho nitro benzene ring substituents is 1. The number of nitrogens with zero attached hydrogens (tertiary/aromatic N) is 1. The molecule has 0 radical (unpaired) electrons. The number of amides is 1. The molecule has 120 valence electrons. The Kier molecular flexibility index (Phi) is 5.71. The van der Waals surface area contributed by atoms with E-state index in [0.717, 1.165) is 12.0 Å². The third-order valence-corrected chi connectivity index (χ3v) is 3.99. The zero-order chi connectivity index (χ0) is 16.8. The maximum Gasteiger partial charge on any atom is 0.270 e. The van der Waals surface area contributed by atoms with E-state index in [0.29, 0.717) is 6.54 Å². The first-order valence-electron chi connectivity index (χ1n) is 7.30. The Balaban J connectivity index is 2.06. The number of benzene rings is 2. The summed E-state index contributed by atoms with van der Waals surface area (Å²) in [5, 5.41) is 13.6. The molecule has 0 spiro atoms. The molecule has 1 unspecified atom stereocenters. The van der Waals surface area contributed by atoms with Gasteiger partial charge in [-0.2, -0.15) is 0 Å². The highest BCUT2D eigenvalue weighted by molar-refractivity contribution is 6.34. The minimum atomic E-state index is -0.546. The molecule has 1 atom stereocenters. The summed E-state index contributed by atoms with van der Waals surface area (Å²) >= 11 is 5.97. The van der Waals surface area contributed by atoms with E-state index >= 15 is 0 Å². The van der Waals surface area contributed by atoms with Crippen molar-refractivity contribution in [3.05, 3.63) is 74.8 Å². The van der Waals surface area contributed by atoms with Gasteiger partial charge < -0.3 is 5.32 Å². The van der Waals surface area contributed by atoms with Crippen LogP contribution < -0.4 is 5.32 Å². The zero-order valence-electron chi connectivity index (χ0n) is 12.7. The Bertz CT molecular complexity index is 704. The second-order valence-electron chi connectivity index (χ2n) is 5.15. The fourth-order valence-electron chi connectivity index (χ4n) is 2.34. The molecule has 1 amide bonds. The smallest absolute Gasteiger partial charge is 0.270 e. The zero-order valence-corrected chi connectivity index (χ0v) is 13.4. The number of nitro benzene ring substituents is 1. The lowest BCUT2D eigenvalue weighted by Crippen LogP contribution is -2.28. The maximum absolute atomic E-state index is 12.2. The molecule has 0 heterocycles. The Morgan fingerprint density at radius 3 is 2.52 bits per heavy atom. The molecular weight excluding hydrogens is 316 g/mol. The third kappa shape index (κ3) is 4.29. The fraction of sp³-hybridized carbons (Fsp3) is 0.235. The lowest BCUT2D eigenvalue weighted by molar-refractivity contribution is -0.384. The van der Waals surface area contributed by atoms with Gasteiger partial charge in [0.1, 0.15) is 0 Å². The summed E-state index contributed by atoms with van der Waals surface area (Å²) in [6.07, 6.45) is 0.887. The van der Waals surface area contributed by atoms with E-state index in [1.165, 1.54) is 18.2 Å². The van der Waals surface area contributed by atoms with E-state index in [-0.39, 0.29) is 28.1 Å². The standard InChI is InChI=1S/C17H17ClN2O3/c1-2-12(13-6-4-3-5-7-13)11-19-17(21)15-9-8-14(20(22)23)10-16(15)18/h3-10,12H,2,11H2,1H3,(H,19,21). The average molecular weight is 333 g/mol. The minimum Gasteiger partial charge on any atom is -0.351 e. The molecule has 2 rings (SSSR count). The summed E-state index contributed by atoms with van der Waals surface area (Å²) in [6, 6.07) is 13.8. The predicted octanol–water partition coefficient (Wildman–Crippen LogP) is 4.17. The van der Waals surface area contributed by atoms with E-state index in [1.807, 2.05) is 30.3 Å². The number of nitro groups is 1. The van der Waals surface area contributed by atoms with Gasteiger partial charge in [0, 0.05) is 24.6 Å². The molecule has 5 nitrogen and oxygen atoms in total. The van der Waals surface area contributed by atoms with Crippen LogP contribution in [0.15, 0.2) is 48.5 Å². The highest BCUT2D eigenvalue weighted by Crippen LogP contribution is 2.23. The van der Waals surface area contributed by atoms with Crippen molar-refractivity contribution in [1.29, 1.82) is 0 Å². The van der Waals surface area contributed by atoms with Crippen LogP contribution in [0.3, 0.4) is 0 Å². The van der Waals surface area contributed by atoms with Gasteiger partial charge in [-0.15, -0.1) is 0 Å². The summed E-state index contributed by atoms with van der Waals surface area (Å²) in [5.74, 6) is -0.128. The molecule has 1 N–H and O–H groups in total. The SMILES string of the molecule is CCC(CNC(=O)c1ccc([N+](=O)[O-])cc1Cl)c1ccccc1. The molecule has 0 saturated carbocycles. The van der Waals surface area contributed by atoms with Gasteiger partial charge in [-0.1, -0.05) is 48.9 Å². The Hall–Kier alpha value is -2.40. The van der Waals surface area contributed by atoms with E-state index in [2.05, 4.69) is 12.2 Å². The number of rotatable bonds is 6. The molecule has 0 aromatic heterocycles. The van der Waals surface area contributed by atoms with Gasteiger partial charge in [-0.25, -0.2) is 0 Å². The molecule has 0 aliphatic carbocycles. The topological polar surface area (TPSA) is 72.2 Å². The van der Waals surface area contributed by atoms with Gasteiger partial charge in [0.25, 0.3) is 11.6 Å². The van der Waals surface area contributed by atoms with Crippen molar-refractivity contribution in [2.24, 2.45) is 0 Å². The number of nitrogens with one attached hydrogen (secondary N) is 1. The van der Waals surface area contributed by atoms with Crippen molar-refractivity contribution in [2.45, 2.75) is 19.3 Å². The minimum absolute atomic E-state index is 0.0736. The van der Waals surface area contributed by atoms with Crippen molar-refractivity contribution >= 4 is 23.2 Å². The lowest BCUT2D eigenvalue weighted by Gasteiger charge is -2.16. The first kappa shape index (κ1) is 17.0. The Morgan fingerprint density at radius 1 is 1.26 bits per heavy atom. The number of hydrogen-bond acceptors (Lipinski definition) is 3. The van der Waals surface area contributed by atoms with Gasteiger partial charge in [-0.05, 0) is 18.1 Å². The second kappa shape index (κ2) is 7.74. The first-order valence-corrected chi connectivity index (χ1v) is 7.67. The quantitative estimate of drug-likeness (QED) is 0.637. The number of halogens is 1. The number of carbonyl (C=O) groups excluding carboxylic acids is 1. The molecule has 2 aromatic rings. The highest BCUT2D eigenvalue weighted by atomic mass is 35.5. The van der Waals surface area contributed by atoms with Crippen LogP contribution in [0.25, 0.3) is 0 Å². The molecule has 0 bridgehead atoms. The van der Waals surface area contributed by atoms with Crippen molar-refractivity contribution in [2.75, 3.05) is 6.54 Å². The van der Waals surface area contributed by atoms with Crippen LogP contribution in [0.2, 0.25) is 5.02 Å². The summed E-state index contributed by atoms with van der Waals surface area (Å²) < 4.78 is 0. The Morgan fingerprint density at radius 2 is 1.96 bits per heavy atom. The van der Waals surface area contributed by atoms with E-state index in [9.17, 15) is 14.9 Å². The summed E-state index contributed by atoms with van der Waals surface area (Å²) in [5.41, 5.74) is 1.26. The molecule has 0 saturated heterocycles. The van der Waals surface area contributed by atoms with Gasteiger partial charge in [0.15, 0.2) is 0 Å². The maximum atomic E-state index is 12.2. The van der Waals surface area contributed by atoms with Crippen LogP contribution in [-0.4, -0.2) is 17.4 Å². The van der Waals surface area contributed by atoms with Gasteiger partial charge >= 0.3 is 0 Å². The summed E-state index contributed by atoms with van der Waals surface area (Å²) in [4.78, 5) is 22.4. The molecule has 2 aromatic carbocycles. The molecule has 0 fully saturated rings. The normalized spacial score (nSPS) is 11.7. The van der Waals surface area contributed by atoms with Crippen LogP contribution in [0.4, 0.5) is 5.69 Å². The second-order valence-corrected chi connectivity index (χ2v) is 5.55. The van der Waals surface area contributed by atoms with E-state index < -0.39 is 4.92 Å². The van der Waals surface area contributed by atoms with Crippen molar-refractivity contribution in [1.82, 2.24) is 5.32 Å². The predicted molar refractivity (Wildman–Crippen MR) is 89.9 cm³/mol. The molecule has 0 aliphatic rings. The van der Waals surface area contributed by atoms with E-state index in [1.54, 1.807) is 0 Å². The third-order valence-electron chi connectivity index (χ3n) is 3.68. The van der Waals surface area contributed by atoms with E-state index in [4.69, 9.17) is 11.6 Å². The van der Waals surface area contributed by atoms with Gasteiger partial charge in [0.05, 0.1) is 15.5 Å². The van der Waals surface area contributed by atoms with Crippen LogP contribution in [0, 0.1) is 10.1 Å². The highest BCUT2D eigenvalue weighted by Gasteiger charge is 2.16. The number of carbonyl (C=O) groups is 1. The fourth-order valence-corrected chi connectivity index (χ4v) is 2.60. The molecular formula is C17H17ClN2O3. The number of hydrogen-bond donors (Lipinski definition) is 1. The lowest BCUT2D eigenvalue weighted by atomic mass is 9.96. The van der Waals surface area contributed by atoms with Crippen LogP contribution in [0.1, 0.15) is 35.2 Å². The summed E-state index contributed by atoms with van der Waals surface area (Å²) in [7, 11) is 0. The Labute approximate surface area is 139 Å². The molecule has 6 heteroatoms.